The van der Waals surface area contributed by atoms with Crippen LogP contribution in [-0.2, 0) is 10.2 Å². The molecule has 118 valence electrons. The van der Waals surface area contributed by atoms with E-state index in [1.165, 1.54) is 5.56 Å². The fraction of sp³-hybridized carbons (Fsp3) is 0.588. The van der Waals surface area contributed by atoms with Crippen molar-refractivity contribution in [1.29, 1.82) is 0 Å². The van der Waals surface area contributed by atoms with Crippen LogP contribution in [0.25, 0.3) is 0 Å². The van der Waals surface area contributed by atoms with Gasteiger partial charge in [-0.05, 0) is 29.5 Å². The van der Waals surface area contributed by atoms with E-state index >= 15 is 0 Å². The van der Waals surface area contributed by atoms with Gasteiger partial charge in [-0.1, -0.05) is 46.2 Å². The first-order chi connectivity index (χ1) is 9.84. The first-order valence-electron chi connectivity index (χ1n) is 7.61. The maximum Gasteiger partial charge on any atom is 0.237 e. The zero-order valence-corrected chi connectivity index (χ0v) is 13.6. The van der Waals surface area contributed by atoms with Crippen molar-refractivity contribution in [1.82, 2.24) is 5.32 Å². The van der Waals surface area contributed by atoms with Gasteiger partial charge in [0.1, 0.15) is 12.4 Å². The van der Waals surface area contributed by atoms with Crippen LogP contribution in [-0.4, -0.2) is 25.1 Å². The second-order valence-electron chi connectivity index (χ2n) is 6.31. The molecule has 0 heterocycles. The van der Waals surface area contributed by atoms with Crippen molar-refractivity contribution >= 4 is 5.91 Å². The maximum absolute atomic E-state index is 11.6. The molecule has 1 unspecified atom stereocenters. The molecule has 0 aliphatic heterocycles. The molecule has 0 saturated carbocycles. The van der Waals surface area contributed by atoms with E-state index in [-0.39, 0.29) is 11.3 Å². The number of nitrogens with two attached hydrogens (primary N) is 1. The van der Waals surface area contributed by atoms with Gasteiger partial charge in [0.15, 0.2) is 0 Å². The zero-order chi connectivity index (χ0) is 15.9. The summed E-state index contributed by atoms with van der Waals surface area (Å²) >= 11 is 0. The maximum atomic E-state index is 11.6. The van der Waals surface area contributed by atoms with Crippen molar-refractivity contribution in [3.63, 3.8) is 0 Å². The van der Waals surface area contributed by atoms with Gasteiger partial charge in [0.25, 0.3) is 0 Å². The molecule has 1 atom stereocenters. The van der Waals surface area contributed by atoms with Crippen LogP contribution in [0.3, 0.4) is 0 Å². The Balaban J connectivity index is 2.32. The van der Waals surface area contributed by atoms with Gasteiger partial charge < -0.3 is 15.8 Å². The van der Waals surface area contributed by atoms with Crippen molar-refractivity contribution in [3.8, 4) is 5.75 Å². The van der Waals surface area contributed by atoms with E-state index in [1.807, 2.05) is 19.1 Å². The highest BCUT2D eigenvalue weighted by Gasteiger charge is 2.13. The number of benzene rings is 1. The van der Waals surface area contributed by atoms with Crippen LogP contribution in [0.15, 0.2) is 24.3 Å². The van der Waals surface area contributed by atoms with E-state index in [1.54, 1.807) is 0 Å². The number of hydrogen-bond donors (Lipinski definition) is 2. The summed E-state index contributed by atoms with van der Waals surface area (Å²) in [6.07, 6.45) is 1.62. The lowest BCUT2D eigenvalue weighted by Gasteiger charge is -2.19. The molecular formula is C17H28N2O2. The lowest BCUT2D eigenvalue weighted by atomic mass is 9.87. The monoisotopic (exact) mass is 292 g/mol. The van der Waals surface area contributed by atoms with E-state index in [4.69, 9.17) is 10.5 Å². The second kappa shape index (κ2) is 8.03. The molecule has 1 aromatic rings. The molecule has 1 aromatic carbocycles. The Morgan fingerprint density at radius 1 is 1.29 bits per heavy atom. The Morgan fingerprint density at radius 2 is 1.90 bits per heavy atom. The van der Waals surface area contributed by atoms with Gasteiger partial charge in [-0.2, -0.15) is 0 Å². The van der Waals surface area contributed by atoms with E-state index in [0.717, 1.165) is 12.2 Å². The first-order valence-corrected chi connectivity index (χ1v) is 7.61. The lowest BCUT2D eigenvalue weighted by Crippen LogP contribution is -2.41. The third-order valence-electron chi connectivity index (χ3n) is 3.33. The van der Waals surface area contributed by atoms with Gasteiger partial charge in [0.2, 0.25) is 5.91 Å². The van der Waals surface area contributed by atoms with Gasteiger partial charge in [0.05, 0.1) is 12.6 Å². The minimum Gasteiger partial charge on any atom is -0.492 e. The highest BCUT2D eigenvalue weighted by molar-refractivity contribution is 5.81. The predicted octanol–water partition coefficient (Wildman–Crippen LogP) is 2.61. The molecule has 0 aliphatic rings. The van der Waals surface area contributed by atoms with Crippen LogP contribution in [0, 0.1) is 0 Å². The summed E-state index contributed by atoms with van der Waals surface area (Å²) in [7, 11) is 0. The summed E-state index contributed by atoms with van der Waals surface area (Å²) in [5.74, 6) is 0.707. The van der Waals surface area contributed by atoms with Crippen LogP contribution in [0.1, 0.15) is 46.1 Å². The minimum absolute atomic E-state index is 0.108. The van der Waals surface area contributed by atoms with Crippen molar-refractivity contribution in [2.75, 3.05) is 13.2 Å². The molecule has 0 aromatic heterocycles. The van der Waals surface area contributed by atoms with Crippen LogP contribution in [0.2, 0.25) is 0 Å². The Kier molecular flexibility index (Phi) is 6.69. The standard InChI is InChI=1S/C17H28N2O2/c1-5-6-15(18)16(20)19-11-12-21-14-9-7-13(8-10-14)17(2,3)4/h7-10,15H,5-6,11-12,18H2,1-4H3,(H,19,20). The fourth-order valence-corrected chi connectivity index (χ4v) is 1.97. The molecular weight excluding hydrogens is 264 g/mol. The summed E-state index contributed by atoms with van der Waals surface area (Å²) in [6.45, 7) is 9.46. The smallest absolute Gasteiger partial charge is 0.237 e. The van der Waals surface area contributed by atoms with Crippen molar-refractivity contribution in [2.24, 2.45) is 5.73 Å². The third kappa shape index (κ3) is 6.17. The SMILES string of the molecule is CCCC(N)C(=O)NCCOc1ccc(C(C)(C)C)cc1. The highest BCUT2D eigenvalue weighted by atomic mass is 16.5. The number of ether oxygens (including phenoxy) is 1. The third-order valence-corrected chi connectivity index (χ3v) is 3.33. The van der Waals surface area contributed by atoms with Gasteiger partial charge in [-0.25, -0.2) is 0 Å². The molecule has 0 spiro atoms. The molecule has 0 radical (unpaired) electrons. The predicted molar refractivity (Wildman–Crippen MR) is 86.5 cm³/mol. The van der Waals surface area contributed by atoms with E-state index in [0.29, 0.717) is 19.6 Å². The minimum atomic E-state index is -0.416. The summed E-state index contributed by atoms with van der Waals surface area (Å²) < 4.78 is 5.61. The molecule has 4 nitrogen and oxygen atoms in total. The van der Waals surface area contributed by atoms with Gasteiger partial charge in [0, 0.05) is 0 Å². The number of hydrogen-bond acceptors (Lipinski definition) is 3. The Hall–Kier alpha value is -1.55. The molecule has 1 rings (SSSR count). The fourth-order valence-electron chi connectivity index (χ4n) is 1.97. The highest BCUT2D eigenvalue weighted by Crippen LogP contribution is 2.24. The number of nitrogens with one attached hydrogen (secondary N) is 1. The molecule has 3 N–H and O–H groups in total. The summed E-state index contributed by atoms with van der Waals surface area (Å²) in [5.41, 5.74) is 7.14. The van der Waals surface area contributed by atoms with E-state index in [2.05, 4.69) is 38.2 Å². The van der Waals surface area contributed by atoms with E-state index < -0.39 is 6.04 Å². The molecule has 0 aliphatic carbocycles. The molecule has 0 fully saturated rings. The average molecular weight is 292 g/mol. The first kappa shape index (κ1) is 17.5. The zero-order valence-electron chi connectivity index (χ0n) is 13.6. The number of carbonyl (C=O) groups excluding carboxylic acids is 1. The topological polar surface area (TPSA) is 64.4 Å². The average Bonchev–Trinajstić information content (AvgIpc) is 2.43. The van der Waals surface area contributed by atoms with Gasteiger partial charge in [-0.15, -0.1) is 0 Å². The molecule has 1 amide bonds. The Bertz CT molecular complexity index is 435. The largest absolute Gasteiger partial charge is 0.492 e. The summed E-state index contributed by atoms with van der Waals surface area (Å²) in [5, 5.41) is 2.78. The Labute approximate surface area is 128 Å². The van der Waals surface area contributed by atoms with Crippen LogP contribution in [0.4, 0.5) is 0 Å². The van der Waals surface area contributed by atoms with Crippen molar-refractivity contribution < 1.29 is 9.53 Å². The molecule has 4 heteroatoms. The molecule has 0 saturated heterocycles. The van der Waals surface area contributed by atoms with Crippen LogP contribution < -0.4 is 15.8 Å². The lowest BCUT2D eigenvalue weighted by molar-refractivity contribution is -0.122. The van der Waals surface area contributed by atoms with E-state index in [9.17, 15) is 4.79 Å². The van der Waals surface area contributed by atoms with Crippen LogP contribution in [0.5, 0.6) is 5.75 Å². The quantitative estimate of drug-likeness (QED) is 0.759. The van der Waals surface area contributed by atoms with Crippen LogP contribution >= 0.6 is 0 Å². The number of carbonyl (C=O) groups is 1. The number of rotatable bonds is 7. The molecule has 21 heavy (non-hydrogen) atoms. The Morgan fingerprint density at radius 3 is 2.43 bits per heavy atom. The van der Waals surface area contributed by atoms with Gasteiger partial charge in [-0.3, -0.25) is 4.79 Å². The summed E-state index contributed by atoms with van der Waals surface area (Å²) in [6, 6.07) is 7.66. The van der Waals surface area contributed by atoms with Gasteiger partial charge >= 0.3 is 0 Å². The van der Waals surface area contributed by atoms with Crippen molar-refractivity contribution in [3.05, 3.63) is 29.8 Å². The number of amides is 1. The molecule has 0 bridgehead atoms. The second-order valence-corrected chi connectivity index (χ2v) is 6.31. The van der Waals surface area contributed by atoms with Crippen molar-refractivity contribution in [2.45, 2.75) is 52.0 Å². The normalized spacial score (nSPS) is 12.8. The summed E-state index contributed by atoms with van der Waals surface area (Å²) in [4.78, 5) is 11.6.